The summed E-state index contributed by atoms with van der Waals surface area (Å²) in [5.41, 5.74) is 5.97. The zero-order valence-electron chi connectivity index (χ0n) is 34.2. The van der Waals surface area contributed by atoms with Crippen LogP contribution in [0.5, 0.6) is 0 Å². The van der Waals surface area contributed by atoms with Crippen molar-refractivity contribution < 1.29 is 42.8 Å². The van der Waals surface area contributed by atoms with Crippen molar-refractivity contribution in [3.63, 3.8) is 0 Å². The number of quaternary nitrogens is 1. The zero-order valence-corrected chi connectivity index (χ0v) is 38.1. The van der Waals surface area contributed by atoms with Gasteiger partial charge in [0.05, 0.1) is 19.6 Å². The number of halogens is 2. The first-order valence-corrected chi connectivity index (χ1v) is 21.0. The minimum Gasteiger partial charge on any atom is -1.00 e. The van der Waals surface area contributed by atoms with Gasteiger partial charge in [0.15, 0.2) is 22.9 Å². The van der Waals surface area contributed by atoms with Gasteiger partial charge in [-0.05, 0) is 40.0 Å². The molecule has 0 saturated carbocycles. The molecule has 2 N–H and O–H groups in total. The highest BCUT2D eigenvalue weighted by molar-refractivity contribution is 8.93. The molecule has 0 aromatic heterocycles. The molecule has 0 fully saturated rings. The molecule has 0 aliphatic heterocycles. The Morgan fingerprint density at radius 3 is 1.04 bits per heavy atom. The average Bonchev–Trinajstić information content (AvgIpc) is 3.12. The smallest absolute Gasteiger partial charge is 0.193 e. The maximum Gasteiger partial charge on any atom is 0.193 e. The fraction of sp³-hybridized carbons (Fsp3) is 0.795. The highest BCUT2D eigenvalue weighted by Crippen LogP contribution is 2.21. The van der Waals surface area contributed by atoms with E-state index in [1.165, 1.54) is 113 Å². The van der Waals surface area contributed by atoms with E-state index in [-0.39, 0.29) is 77.6 Å². The van der Waals surface area contributed by atoms with E-state index in [1.54, 1.807) is 0 Å². The van der Waals surface area contributed by atoms with Crippen molar-refractivity contribution in [2.24, 2.45) is 5.73 Å². The SMILES string of the molecule is Br.CCCCCCCCCC(=O)C(N)(C(=O)CCCCCCCCC)C(=O)CCCCCCCCC.CC[N+](CC)(CC)Cc1ccccc1.[I-]. The van der Waals surface area contributed by atoms with Gasteiger partial charge in [-0.25, -0.2) is 0 Å². The van der Waals surface area contributed by atoms with E-state index in [0.29, 0.717) is 0 Å². The highest BCUT2D eigenvalue weighted by atomic mass is 127. The fourth-order valence-corrected chi connectivity index (χ4v) is 6.76. The monoisotopic (exact) mass is 892 g/mol. The number of hydrogen-bond donors (Lipinski definition) is 1. The summed E-state index contributed by atoms with van der Waals surface area (Å²) >= 11 is 0. The van der Waals surface area contributed by atoms with Gasteiger partial charge < -0.3 is 34.2 Å². The molecule has 5 nitrogen and oxygen atoms in total. The van der Waals surface area contributed by atoms with Crippen molar-refractivity contribution in [2.45, 2.75) is 208 Å². The van der Waals surface area contributed by atoms with Crippen LogP contribution in [0.3, 0.4) is 0 Å². The van der Waals surface area contributed by atoms with Crippen molar-refractivity contribution in [2.75, 3.05) is 19.6 Å². The Kier molecular flexibility index (Phi) is 39.0. The number of nitrogens with two attached hydrogens (primary N) is 1. The molecule has 0 radical (unpaired) electrons. The number of carbonyl (C=O) groups excluding carboxylic acids is 3. The molecule has 0 spiro atoms. The molecule has 0 saturated heterocycles. The first-order valence-electron chi connectivity index (χ1n) is 21.0. The molecule has 1 aromatic carbocycles. The van der Waals surface area contributed by atoms with Crippen LogP contribution in [-0.2, 0) is 20.9 Å². The third kappa shape index (κ3) is 25.1. The number of nitrogens with zero attached hydrogens (tertiary/aromatic N) is 1. The van der Waals surface area contributed by atoms with Crippen molar-refractivity contribution in [3.8, 4) is 0 Å². The van der Waals surface area contributed by atoms with Crippen molar-refractivity contribution in [3.05, 3.63) is 35.9 Å². The second kappa shape index (κ2) is 36.3. The van der Waals surface area contributed by atoms with Crippen molar-refractivity contribution >= 4 is 34.3 Å². The predicted octanol–water partition coefficient (Wildman–Crippen LogP) is 9.46. The Morgan fingerprint density at radius 2 is 0.765 bits per heavy atom. The summed E-state index contributed by atoms with van der Waals surface area (Å²) < 4.78 is 1.20. The normalized spacial score (nSPS) is 11.2. The van der Waals surface area contributed by atoms with Crippen LogP contribution >= 0.6 is 17.0 Å². The largest absolute Gasteiger partial charge is 1.00 e. The van der Waals surface area contributed by atoms with Gasteiger partial charge in [0.1, 0.15) is 6.54 Å². The summed E-state index contributed by atoms with van der Waals surface area (Å²) in [7, 11) is 0. The van der Waals surface area contributed by atoms with Crippen LogP contribution in [0, 0.1) is 0 Å². The van der Waals surface area contributed by atoms with Gasteiger partial charge in [-0.3, -0.25) is 14.4 Å². The van der Waals surface area contributed by atoms with E-state index in [2.05, 4.69) is 71.9 Å². The number of Topliss-reactive ketones (excluding diaryl/α,β-unsaturated/α-hetero) is 3. The van der Waals surface area contributed by atoms with Gasteiger partial charge in [0.25, 0.3) is 0 Å². The van der Waals surface area contributed by atoms with Gasteiger partial charge in [-0.2, -0.15) is 0 Å². The summed E-state index contributed by atoms with van der Waals surface area (Å²) in [6.45, 7) is 18.3. The Bertz CT molecular complexity index is 873. The molecule has 0 unspecified atom stereocenters. The van der Waals surface area contributed by atoms with E-state index in [9.17, 15) is 14.4 Å². The van der Waals surface area contributed by atoms with E-state index in [0.717, 1.165) is 57.8 Å². The van der Waals surface area contributed by atoms with Crippen LogP contribution in [0.1, 0.15) is 201 Å². The lowest BCUT2D eigenvalue weighted by Crippen LogP contribution is -3.00. The number of hydrogen-bond acceptors (Lipinski definition) is 4. The molecule has 300 valence electrons. The van der Waals surface area contributed by atoms with Crippen LogP contribution in [0.25, 0.3) is 0 Å². The molecule has 0 heterocycles. The Morgan fingerprint density at radius 1 is 0.490 bits per heavy atom. The molecule has 0 aliphatic rings. The quantitative estimate of drug-likeness (QED) is 0.0339. The van der Waals surface area contributed by atoms with Gasteiger partial charge >= 0.3 is 0 Å². The van der Waals surface area contributed by atoms with Crippen molar-refractivity contribution in [1.29, 1.82) is 0 Å². The molecule has 0 aliphatic carbocycles. The first kappa shape index (κ1) is 54.7. The van der Waals surface area contributed by atoms with Crippen LogP contribution in [0.15, 0.2) is 30.3 Å². The fourth-order valence-electron chi connectivity index (χ4n) is 6.76. The maximum absolute atomic E-state index is 13.1. The molecular formula is C44H82BrIN2O3. The number of carbonyl (C=O) groups is 3. The molecule has 0 atom stereocenters. The minimum absolute atomic E-state index is 0. The lowest BCUT2D eigenvalue weighted by atomic mass is 9.79. The molecule has 0 bridgehead atoms. The van der Waals surface area contributed by atoms with Gasteiger partial charge in [0, 0.05) is 24.8 Å². The highest BCUT2D eigenvalue weighted by Gasteiger charge is 2.46. The zero-order chi connectivity index (χ0) is 36.6. The summed E-state index contributed by atoms with van der Waals surface area (Å²) in [6, 6.07) is 10.8. The van der Waals surface area contributed by atoms with E-state index < -0.39 is 5.54 Å². The molecular weight excluding hydrogens is 811 g/mol. The molecule has 1 aromatic rings. The third-order valence-electron chi connectivity index (χ3n) is 10.7. The van der Waals surface area contributed by atoms with E-state index >= 15 is 0 Å². The summed E-state index contributed by atoms with van der Waals surface area (Å²) in [6.07, 6.45) is 23.8. The average molecular weight is 894 g/mol. The third-order valence-corrected chi connectivity index (χ3v) is 10.7. The Hall–Kier alpha value is -0.640. The standard InChI is InChI=1S/C31H59NO3.C13H22N.BrH.HI/c1-4-7-10-13-16-19-22-25-28(33)31(32,29(34)26-23-20-17-14-11-8-5-2)30(35)27-24-21-18-15-12-9-6-3;1-4-14(5-2,6-3)12-13-10-8-7-9-11-13;;/h4-27,32H2,1-3H3;7-11H,4-6,12H2,1-3H3;2*1H/q;+1;;/p-1. The predicted molar refractivity (Wildman–Crippen MR) is 222 cm³/mol. The van der Waals surface area contributed by atoms with E-state index in [4.69, 9.17) is 5.73 Å². The van der Waals surface area contributed by atoms with Crippen LogP contribution in [-0.4, -0.2) is 47.0 Å². The number of benzene rings is 1. The van der Waals surface area contributed by atoms with Crippen molar-refractivity contribution in [1.82, 2.24) is 0 Å². The summed E-state index contributed by atoms with van der Waals surface area (Å²) in [5, 5.41) is 0. The van der Waals surface area contributed by atoms with Crippen LogP contribution in [0.2, 0.25) is 0 Å². The van der Waals surface area contributed by atoms with Gasteiger partial charge in [-0.15, -0.1) is 17.0 Å². The molecule has 7 heteroatoms. The maximum atomic E-state index is 13.1. The van der Waals surface area contributed by atoms with Crippen LogP contribution in [0.4, 0.5) is 0 Å². The summed E-state index contributed by atoms with van der Waals surface area (Å²) in [4.78, 5) is 39.4. The molecule has 1 rings (SSSR count). The second-order valence-electron chi connectivity index (χ2n) is 14.6. The van der Waals surface area contributed by atoms with Gasteiger partial charge in [-0.1, -0.05) is 167 Å². The van der Waals surface area contributed by atoms with E-state index in [1.807, 2.05) is 0 Å². The molecule has 51 heavy (non-hydrogen) atoms. The van der Waals surface area contributed by atoms with Gasteiger partial charge in [0.2, 0.25) is 0 Å². The number of ketones is 3. The Balaban J connectivity index is -0.00000120. The molecule has 0 amide bonds. The first-order chi connectivity index (χ1) is 23.7. The van der Waals surface area contributed by atoms with Crippen LogP contribution < -0.4 is 29.7 Å². The minimum atomic E-state index is -1.91. The number of rotatable bonds is 32. The topological polar surface area (TPSA) is 77.2 Å². The second-order valence-corrected chi connectivity index (χ2v) is 14.6. The lowest BCUT2D eigenvalue weighted by molar-refractivity contribution is -0.936. The number of unbranched alkanes of at least 4 members (excludes halogenated alkanes) is 18. The lowest BCUT2D eigenvalue weighted by Gasteiger charge is -2.35. The Labute approximate surface area is 344 Å². The summed E-state index contributed by atoms with van der Waals surface area (Å²) in [5.74, 6) is -1.02.